The molecule has 0 aromatic heterocycles. The van der Waals surface area contributed by atoms with E-state index in [0.29, 0.717) is 19.5 Å². The highest BCUT2D eigenvalue weighted by molar-refractivity contribution is 5.75. The van der Waals surface area contributed by atoms with Gasteiger partial charge in [-0.05, 0) is 44.6 Å². The minimum Gasteiger partial charge on any atom is -0.356 e. The molecule has 0 radical (unpaired) electrons. The van der Waals surface area contributed by atoms with Crippen LogP contribution in [0, 0.1) is 5.82 Å². The second-order valence-corrected chi connectivity index (χ2v) is 6.13. The van der Waals surface area contributed by atoms with Crippen molar-refractivity contribution < 1.29 is 14.0 Å². The molecule has 0 fully saturated rings. The van der Waals surface area contributed by atoms with E-state index in [-0.39, 0.29) is 23.7 Å². The lowest BCUT2D eigenvalue weighted by Crippen LogP contribution is -2.34. The molecule has 1 atom stereocenters. The van der Waals surface area contributed by atoms with Crippen molar-refractivity contribution in [3.05, 3.63) is 35.6 Å². The maximum Gasteiger partial charge on any atom is 0.220 e. The lowest BCUT2D eigenvalue weighted by Gasteiger charge is -2.25. The van der Waals surface area contributed by atoms with Crippen molar-refractivity contribution in [1.29, 1.82) is 0 Å². The third-order valence-electron chi connectivity index (χ3n) is 3.80. The number of nitrogens with one attached hydrogen (secondary N) is 2. The van der Waals surface area contributed by atoms with Crippen molar-refractivity contribution in [3.8, 4) is 0 Å². The van der Waals surface area contributed by atoms with Gasteiger partial charge in [0.1, 0.15) is 5.82 Å². The van der Waals surface area contributed by atoms with Gasteiger partial charge in [-0.3, -0.25) is 9.59 Å². The molecule has 24 heavy (non-hydrogen) atoms. The molecular weight excluding hydrogens is 309 g/mol. The van der Waals surface area contributed by atoms with E-state index in [9.17, 15) is 14.0 Å². The van der Waals surface area contributed by atoms with Crippen LogP contribution in [0.25, 0.3) is 0 Å². The number of hydrogen-bond acceptors (Lipinski definition) is 3. The predicted molar refractivity (Wildman–Crippen MR) is 93.0 cm³/mol. The fourth-order valence-electron chi connectivity index (χ4n) is 2.46. The van der Waals surface area contributed by atoms with Gasteiger partial charge in [-0.15, -0.1) is 0 Å². The summed E-state index contributed by atoms with van der Waals surface area (Å²) in [7, 11) is 3.81. The van der Waals surface area contributed by atoms with Crippen LogP contribution in [-0.2, 0) is 9.59 Å². The summed E-state index contributed by atoms with van der Waals surface area (Å²) in [5.41, 5.74) is 0.843. The number of nitrogens with zero attached hydrogens (tertiary/aromatic N) is 1. The molecule has 0 spiro atoms. The Morgan fingerprint density at radius 3 is 2.54 bits per heavy atom. The number of carbonyl (C=O) groups is 2. The Hall–Kier alpha value is -1.95. The first-order valence-electron chi connectivity index (χ1n) is 8.33. The summed E-state index contributed by atoms with van der Waals surface area (Å²) in [6.07, 6.45) is 3.02. The molecule has 2 N–H and O–H groups in total. The molecule has 1 aromatic carbocycles. The minimum absolute atomic E-state index is 0.00206. The summed E-state index contributed by atoms with van der Waals surface area (Å²) in [6.45, 7) is 2.59. The van der Waals surface area contributed by atoms with E-state index in [1.807, 2.05) is 25.1 Å². The van der Waals surface area contributed by atoms with E-state index in [1.165, 1.54) is 19.1 Å². The molecule has 1 rings (SSSR count). The lowest BCUT2D eigenvalue weighted by atomic mass is 10.1. The average Bonchev–Trinajstić information content (AvgIpc) is 2.50. The van der Waals surface area contributed by atoms with Crippen molar-refractivity contribution in [2.24, 2.45) is 0 Å². The quantitative estimate of drug-likeness (QED) is 0.644. The van der Waals surface area contributed by atoms with Crippen LogP contribution >= 0.6 is 0 Å². The number of hydrogen-bond donors (Lipinski definition) is 2. The standard InChI is InChI=1S/C18H28FN3O2/c1-14(23)20-11-6-4-5-10-18(24)21-13-17(22(2)3)15-8-7-9-16(19)12-15/h7-9,12,17H,4-6,10-11,13H2,1-3H3,(H,20,23)(H,21,24). The zero-order valence-electron chi connectivity index (χ0n) is 14.8. The first-order chi connectivity index (χ1) is 11.4. The Bertz CT molecular complexity index is 535. The Balaban J connectivity index is 2.31. The normalized spacial score (nSPS) is 12.0. The van der Waals surface area contributed by atoms with Crippen molar-refractivity contribution in [2.45, 2.75) is 38.6 Å². The van der Waals surface area contributed by atoms with Crippen LogP contribution in [0.4, 0.5) is 4.39 Å². The maximum absolute atomic E-state index is 13.4. The van der Waals surface area contributed by atoms with Gasteiger partial charge in [-0.1, -0.05) is 18.6 Å². The molecule has 134 valence electrons. The number of benzene rings is 1. The van der Waals surface area contributed by atoms with Gasteiger partial charge < -0.3 is 15.5 Å². The highest BCUT2D eigenvalue weighted by Crippen LogP contribution is 2.18. The van der Waals surface area contributed by atoms with Crippen LogP contribution in [-0.4, -0.2) is 43.9 Å². The van der Waals surface area contributed by atoms with Gasteiger partial charge in [0, 0.05) is 26.4 Å². The number of likely N-dealkylation sites (N-methyl/N-ethyl adjacent to an activating group) is 1. The first-order valence-corrected chi connectivity index (χ1v) is 8.33. The summed E-state index contributed by atoms with van der Waals surface area (Å²) in [4.78, 5) is 24.6. The SMILES string of the molecule is CC(=O)NCCCCCC(=O)NCC(c1cccc(F)c1)N(C)C. The Morgan fingerprint density at radius 1 is 1.17 bits per heavy atom. The van der Waals surface area contributed by atoms with Gasteiger partial charge in [0.2, 0.25) is 11.8 Å². The summed E-state index contributed by atoms with van der Waals surface area (Å²) < 4.78 is 13.4. The third-order valence-corrected chi connectivity index (χ3v) is 3.80. The monoisotopic (exact) mass is 337 g/mol. The van der Waals surface area contributed by atoms with Gasteiger partial charge in [-0.2, -0.15) is 0 Å². The van der Waals surface area contributed by atoms with Crippen molar-refractivity contribution in [1.82, 2.24) is 15.5 Å². The Morgan fingerprint density at radius 2 is 1.92 bits per heavy atom. The summed E-state index contributed by atoms with van der Waals surface area (Å²) in [5, 5.41) is 5.65. The third kappa shape index (κ3) is 8.06. The molecule has 1 aromatic rings. The number of halogens is 1. The summed E-state index contributed by atoms with van der Waals surface area (Å²) >= 11 is 0. The average molecular weight is 337 g/mol. The molecule has 1 unspecified atom stereocenters. The topological polar surface area (TPSA) is 61.4 Å². The molecule has 5 nitrogen and oxygen atoms in total. The van der Waals surface area contributed by atoms with Gasteiger partial charge in [-0.25, -0.2) is 4.39 Å². The number of unbranched alkanes of at least 4 members (excludes halogenated alkanes) is 2. The van der Waals surface area contributed by atoms with E-state index in [4.69, 9.17) is 0 Å². The van der Waals surface area contributed by atoms with Crippen LogP contribution in [0.1, 0.15) is 44.2 Å². The van der Waals surface area contributed by atoms with Gasteiger partial charge in [0.25, 0.3) is 0 Å². The van der Waals surface area contributed by atoms with Gasteiger partial charge >= 0.3 is 0 Å². The van der Waals surface area contributed by atoms with Crippen molar-refractivity contribution in [2.75, 3.05) is 27.2 Å². The minimum atomic E-state index is -0.273. The van der Waals surface area contributed by atoms with E-state index in [0.717, 1.165) is 24.8 Å². The smallest absolute Gasteiger partial charge is 0.220 e. The highest BCUT2D eigenvalue weighted by Gasteiger charge is 2.15. The molecule has 0 aliphatic rings. The largest absolute Gasteiger partial charge is 0.356 e. The van der Waals surface area contributed by atoms with Crippen LogP contribution in [0.3, 0.4) is 0 Å². The fourth-order valence-corrected chi connectivity index (χ4v) is 2.46. The molecule has 0 aliphatic heterocycles. The predicted octanol–water partition coefficient (Wildman–Crippen LogP) is 2.24. The van der Waals surface area contributed by atoms with Crippen LogP contribution in [0.5, 0.6) is 0 Å². The van der Waals surface area contributed by atoms with Crippen LogP contribution in [0.2, 0.25) is 0 Å². The van der Waals surface area contributed by atoms with E-state index < -0.39 is 0 Å². The molecule has 0 bridgehead atoms. The molecule has 0 saturated heterocycles. The number of amides is 2. The lowest BCUT2D eigenvalue weighted by molar-refractivity contribution is -0.121. The van der Waals surface area contributed by atoms with Crippen LogP contribution in [0.15, 0.2) is 24.3 Å². The van der Waals surface area contributed by atoms with Crippen molar-refractivity contribution in [3.63, 3.8) is 0 Å². The molecule has 6 heteroatoms. The second kappa shape index (κ2) is 10.8. The summed E-state index contributed by atoms with van der Waals surface area (Å²) in [6, 6.07) is 6.39. The number of rotatable bonds is 10. The zero-order chi connectivity index (χ0) is 17.9. The molecule has 0 aliphatic carbocycles. The Kier molecular flexibility index (Phi) is 9.01. The zero-order valence-corrected chi connectivity index (χ0v) is 14.8. The molecule has 0 heterocycles. The molecular formula is C18H28FN3O2. The van der Waals surface area contributed by atoms with E-state index in [1.54, 1.807) is 6.07 Å². The molecule has 2 amide bonds. The van der Waals surface area contributed by atoms with Crippen LogP contribution < -0.4 is 10.6 Å². The fraction of sp³-hybridized carbons (Fsp3) is 0.556. The van der Waals surface area contributed by atoms with Gasteiger partial charge in [0.15, 0.2) is 0 Å². The highest BCUT2D eigenvalue weighted by atomic mass is 19.1. The van der Waals surface area contributed by atoms with E-state index >= 15 is 0 Å². The summed E-state index contributed by atoms with van der Waals surface area (Å²) in [5.74, 6) is -0.303. The first kappa shape index (κ1) is 20.1. The maximum atomic E-state index is 13.4. The van der Waals surface area contributed by atoms with Gasteiger partial charge in [0.05, 0.1) is 6.04 Å². The number of carbonyl (C=O) groups excluding carboxylic acids is 2. The Labute approximate surface area is 143 Å². The van der Waals surface area contributed by atoms with Crippen molar-refractivity contribution >= 4 is 11.8 Å². The van der Waals surface area contributed by atoms with E-state index in [2.05, 4.69) is 10.6 Å². The second-order valence-electron chi connectivity index (χ2n) is 6.13. The molecule has 0 saturated carbocycles.